The van der Waals surface area contributed by atoms with Gasteiger partial charge in [0, 0.05) is 19.2 Å². The number of methoxy groups -OCH3 is 1. The van der Waals surface area contributed by atoms with Gasteiger partial charge in [-0.05, 0) is 24.1 Å². The first-order chi connectivity index (χ1) is 8.90. The van der Waals surface area contributed by atoms with E-state index in [0.29, 0.717) is 13.0 Å². The number of rotatable bonds is 7. The number of nitrogens with one attached hydrogen (secondary N) is 1. The predicted molar refractivity (Wildman–Crippen MR) is 73.8 cm³/mol. The summed E-state index contributed by atoms with van der Waals surface area (Å²) in [6, 6.07) is 7.39. The highest BCUT2D eigenvalue weighted by Crippen LogP contribution is 2.10. The number of ether oxygens (including phenoxy) is 1. The second kappa shape index (κ2) is 7.13. The van der Waals surface area contributed by atoms with E-state index in [9.17, 15) is 13.2 Å². The molecule has 1 aromatic rings. The van der Waals surface area contributed by atoms with Gasteiger partial charge < -0.3 is 10.1 Å². The van der Waals surface area contributed by atoms with Gasteiger partial charge in [-0.2, -0.15) is 0 Å². The number of hydrogen-bond acceptors (Lipinski definition) is 4. The standard InChI is InChI=1S/C13H19NO4S/c1-18-12-7-5-11(6-8-12)10-14-13(15)4-3-9-19(2,16)17/h5-8H,3-4,9-10H2,1-2H3,(H,14,15). The summed E-state index contributed by atoms with van der Waals surface area (Å²) in [5.74, 6) is 0.672. The fraction of sp³-hybridized carbons (Fsp3) is 0.462. The van der Waals surface area contributed by atoms with Gasteiger partial charge >= 0.3 is 0 Å². The molecular weight excluding hydrogens is 266 g/mol. The van der Waals surface area contributed by atoms with Crippen molar-refractivity contribution in [2.75, 3.05) is 19.1 Å². The molecule has 0 aliphatic carbocycles. The number of benzene rings is 1. The van der Waals surface area contributed by atoms with E-state index < -0.39 is 9.84 Å². The molecule has 0 bridgehead atoms. The Kier molecular flexibility index (Phi) is 5.82. The van der Waals surface area contributed by atoms with Gasteiger partial charge in [0.1, 0.15) is 15.6 Å². The molecule has 1 aromatic carbocycles. The molecule has 1 amide bonds. The maximum atomic E-state index is 11.5. The van der Waals surface area contributed by atoms with Crippen LogP contribution in [0.25, 0.3) is 0 Å². The van der Waals surface area contributed by atoms with E-state index in [0.717, 1.165) is 11.3 Å². The fourth-order valence-corrected chi connectivity index (χ4v) is 2.20. The minimum absolute atomic E-state index is 0.0446. The summed E-state index contributed by atoms with van der Waals surface area (Å²) in [5, 5.41) is 2.75. The number of carbonyl (C=O) groups is 1. The number of amides is 1. The van der Waals surface area contributed by atoms with Gasteiger partial charge in [-0.25, -0.2) is 8.42 Å². The lowest BCUT2D eigenvalue weighted by molar-refractivity contribution is -0.121. The molecule has 106 valence electrons. The van der Waals surface area contributed by atoms with Crippen LogP contribution in [0.5, 0.6) is 5.75 Å². The second-order valence-electron chi connectivity index (χ2n) is 4.36. The Labute approximate surface area is 113 Å². The molecule has 0 saturated carbocycles. The second-order valence-corrected chi connectivity index (χ2v) is 6.62. The van der Waals surface area contributed by atoms with Gasteiger partial charge in [-0.15, -0.1) is 0 Å². The molecule has 0 fully saturated rings. The topological polar surface area (TPSA) is 72.5 Å². The Morgan fingerprint density at radius 1 is 1.26 bits per heavy atom. The lowest BCUT2D eigenvalue weighted by Crippen LogP contribution is -2.23. The molecule has 0 unspecified atom stereocenters. The molecular formula is C13H19NO4S. The Balaban J connectivity index is 2.29. The van der Waals surface area contributed by atoms with Gasteiger partial charge in [0.25, 0.3) is 0 Å². The molecule has 1 N–H and O–H groups in total. The summed E-state index contributed by atoms with van der Waals surface area (Å²) in [7, 11) is -1.39. The van der Waals surface area contributed by atoms with Gasteiger partial charge in [0.15, 0.2) is 0 Å². The molecule has 0 atom stereocenters. The predicted octanol–water partition coefficient (Wildman–Crippen LogP) is 1.14. The zero-order valence-electron chi connectivity index (χ0n) is 11.2. The van der Waals surface area contributed by atoms with E-state index in [-0.39, 0.29) is 18.1 Å². The molecule has 5 nitrogen and oxygen atoms in total. The van der Waals surface area contributed by atoms with Crippen molar-refractivity contribution in [3.63, 3.8) is 0 Å². The van der Waals surface area contributed by atoms with Crippen LogP contribution in [0.15, 0.2) is 24.3 Å². The maximum Gasteiger partial charge on any atom is 0.220 e. The van der Waals surface area contributed by atoms with Crippen molar-refractivity contribution in [2.45, 2.75) is 19.4 Å². The third kappa shape index (κ3) is 6.81. The zero-order chi connectivity index (χ0) is 14.3. The molecule has 0 heterocycles. The van der Waals surface area contributed by atoms with Gasteiger partial charge in [0.05, 0.1) is 12.9 Å². The molecule has 0 saturated heterocycles. The summed E-state index contributed by atoms with van der Waals surface area (Å²) < 4.78 is 26.9. The Hall–Kier alpha value is -1.56. The molecule has 0 aliphatic rings. The van der Waals surface area contributed by atoms with Crippen molar-refractivity contribution in [1.82, 2.24) is 5.32 Å². The Morgan fingerprint density at radius 3 is 2.42 bits per heavy atom. The average molecular weight is 285 g/mol. The third-order valence-electron chi connectivity index (χ3n) is 2.57. The number of carbonyl (C=O) groups excluding carboxylic acids is 1. The summed E-state index contributed by atoms with van der Waals surface area (Å²) in [4.78, 5) is 11.5. The summed E-state index contributed by atoms with van der Waals surface area (Å²) in [6.45, 7) is 0.432. The van der Waals surface area contributed by atoms with Gasteiger partial charge in [0.2, 0.25) is 5.91 Å². The highest BCUT2D eigenvalue weighted by Gasteiger charge is 2.06. The van der Waals surface area contributed by atoms with E-state index in [2.05, 4.69) is 5.32 Å². The minimum atomic E-state index is -2.99. The normalized spacial score (nSPS) is 11.1. The number of sulfone groups is 1. The van der Waals surface area contributed by atoms with Crippen LogP contribution >= 0.6 is 0 Å². The van der Waals surface area contributed by atoms with Crippen LogP contribution in [-0.2, 0) is 21.2 Å². The van der Waals surface area contributed by atoms with Crippen molar-refractivity contribution >= 4 is 15.7 Å². The third-order valence-corrected chi connectivity index (χ3v) is 3.60. The molecule has 0 aromatic heterocycles. The monoisotopic (exact) mass is 285 g/mol. The van der Waals surface area contributed by atoms with Crippen LogP contribution in [0, 0.1) is 0 Å². The molecule has 19 heavy (non-hydrogen) atoms. The molecule has 0 radical (unpaired) electrons. The van der Waals surface area contributed by atoms with E-state index >= 15 is 0 Å². The van der Waals surface area contributed by atoms with Crippen molar-refractivity contribution in [3.8, 4) is 5.75 Å². The first-order valence-corrected chi connectivity index (χ1v) is 8.04. The van der Waals surface area contributed by atoms with Gasteiger partial charge in [-0.1, -0.05) is 12.1 Å². The maximum absolute atomic E-state index is 11.5. The largest absolute Gasteiger partial charge is 0.497 e. The molecule has 1 rings (SSSR count). The van der Waals surface area contributed by atoms with E-state index in [1.165, 1.54) is 6.26 Å². The lowest BCUT2D eigenvalue weighted by Gasteiger charge is -2.06. The van der Waals surface area contributed by atoms with Crippen molar-refractivity contribution in [2.24, 2.45) is 0 Å². The van der Waals surface area contributed by atoms with E-state index in [1.54, 1.807) is 7.11 Å². The quantitative estimate of drug-likeness (QED) is 0.815. The van der Waals surface area contributed by atoms with Crippen LogP contribution in [0.1, 0.15) is 18.4 Å². The molecule has 0 spiro atoms. The molecule has 0 aliphatic heterocycles. The molecule has 6 heteroatoms. The summed E-state index contributed by atoms with van der Waals surface area (Å²) in [5.41, 5.74) is 0.970. The van der Waals surface area contributed by atoms with Crippen molar-refractivity contribution in [3.05, 3.63) is 29.8 Å². The first kappa shape index (κ1) is 15.5. The SMILES string of the molecule is COc1ccc(CNC(=O)CCCS(C)(=O)=O)cc1. The summed E-state index contributed by atoms with van der Waals surface area (Å²) >= 11 is 0. The fourth-order valence-electron chi connectivity index (χ4n) is 1.53. The lowest BCUT2D eigenvalue weighted by atomic mass is 10.2. The summed E-state index contributed by atoms with van der Waals surface area (Å²) in [6.07, 6.45) is 1.75. The van der Waals surface area contributed by atoms with Crippen molar-refractivity contribution < 1.29 is 17.9 Å². The Bertz CT molecular complexity index is 508. The minimum Gasteiger partial charge on any atom is -0.497 e. The van der Waals surface area contributed by atoms with Crippen molar-refractivity contribution in [1.29, 1.82) is 0 Å². The highest BCUT2D eigenvalue weighted by molar-refractivity contribution is 7.90. The van der Waals surface area contributed by atoms with Crippen LogP contribution in [0.2, 0.25) is 0 Å². The average Bonchev–Trinajstić information content (AvgIpc) is 2.35. The van der Waals surface area contributed by atoms with E-state index in [1.807, 2.05) is 24.3 Å². The van der Waals surface area contributed by atoms with Crippen LogP contribution < -0.4 is 10.1 Å². The van der Waals surface area contributed by atoms with Crippen LogP contribution in [-0.4, -0.2) is 33.4 Å². The smallest absolute Gasteiger partial charge is 0.220 e. The van der Waals surface area contributed by atoms with Crippen LogP contribution in [0.3, 0.4) is 0 Å². The number of hydrogen-bond donors (Lipinski definition) is 1. The van der Waals surface area contributed by atoms with Gasteiger partial charge in [-0.3, -0.25) is 4.79 Å². The Morgan fingerprint density at radius 2 is 1.89 bits per heavy atom. The van der Waals surface area contributed by atoms with E-state index in [4.69, 9.17) is 4.74 Å². The zero-order valence-corrected chi connectivity index (χ0v) is 12.0. The van der Waals surface area contributed by atoms with Crippen LogP contribution in [0.4, 0.5) is 0 Å². The first-order valence-electron chi connectivity index (χ1n) is 5.98. The highest BCUT2D eigenvalue weighted by atomic mass is 32.2.